The molecule has 1 aromatic heterocycles. The molecule has 2 aromatic rings. The van der Waals surface area contributed by atoms with Gasteiger partial charge in [-0.1, -0.05) is 18.2 Å². The van der Waals surface area contributed by atoms with E-state index in [1.807, 2.05) is 18.2 Å². The van der Waals surface area contributed by atoms with Gasteiger partial charge in [-0.05, 0) is 30.7 Å². The van der Waals surface area contributed by atoms with Crippen LogP contribution < -0.4 is 15.8 Å². The molecular formula is C18H21F3N4O. The number of benzene rings is 1. The van der Waals surface area contributed by atoms with E-state index in [4.69, 9.17) is 10.5 Å². The van der Waals surface area contributed by atoms with E-state index in [2.05, 4.69) is 15.3 Å². The van der Waals surface area contributed by atoms with Gasteiger partial charge >= 0.3 is 6.18 Å². The van der Waals surface area contributed by atoms with Crippen molar-refractivity contribution in [3.8, 4) is 5.75 Å². The number of guanidine groups is 1. The summed E-state index contributed by atoms with van der Waals surface area (Å²) in [5.41, 5.74) is 8.07. The van der Waals surface area contributed by atoms with Gasteiger partial charge in [0.15, 0.2) is 12.6 Å². The maximum absolute atomic E-state index is 12.4. The Hall–Kier alpha value is -2.77. The first-order chi connectivity index (χ1) is 12.3. The van der Waals surface area contributed by atoms with Crippen molar-refractivity contribution in [3.05, 3.63) is 59.4 Å². The Morgan fingerprint density at radius 2 is 2.08 bits per heavy atom. The van der Waals surface area contributed by atoms with Crippen LogP contribution in [0.4, 0.5) is 13.2 Å². The van der Waals surface area contributed by atoms with Crippen molar-refractivity contribution in [2.45, 2.75) is 26.1 Å². The first kappa shape index (κ1) is 19.6. The Kier molecular flexibility index (Phi) is 6.82. The minimum Gasteiger partial charge on any atom is -0.484 e. The van der Waals surface area contributed by atoms with Crippen LogP contribution >= 0.6 is 0 Å². The predicted octanol–water partition coefficient (Wildman–Crippen LogP) is 2.98. The molecule has 0 bridgehead atoms. The van der Waals surface area contributed by atoms with E-state index in [9.17, 15) is 13.2 Å². The highest BCUT2D eigenvalue weighted by Gasteiger charge is 2.28. The van der Waals surface area contributed by atoms with Crippen LogP contribution in [0.2, 0.25) is 0 Å². The predicted molar refractivity (Wildman–Crippen MR) is 94.0 cm³/mol. The normalized spacial score (nSPS) is 12.1. The Balaban J connectivity index is 1.91. The molecule has 0 fully saturated rings. The van der Waals surface area contributed by atoms with Gasteiger partial charge in [-0.3, -0.25) is 4.98 Å². The highest BCUT2D eigenvalue weighted by atomic mass is 19.4. The highest BCUT2D eigenvalue weighted by Crippen LogP contribution is 2.24. The lowest BCUT2D eigenvalue weighted by atomic mass is 10.1. The minimum atomic E-state index is -4.39. The molecule has 1 aromatic carbocycles. The molecule has 0 radical (unpaired) electrons. The molecule has 5 nitrogen and oxygen atoms in total. The number of nitrogens with one attached hydrogen (secondary N) is 1. The summed E-state index contributed by atoms with van der Waals surface area (Å²) in [5.74, 6) is 0.371. The number of ether oxygens (including phenoxy) is 1. The second-order valence-corrected chi connectivity index (χ2v) is 5.71. The number of rotatable bonds is 7. The quantitative estimate of drug-likeness (QED) is 0.584. The van der Waals surface area contributed by atoms with E-state index < -0.39 is 12.8 Å². The molecule has 2 rings (SSSR count). The van der Waals surface area contributed by atoms with Gasteiger partial charge in [0.1, 0.15) is 5.75 Å². The zero-order chi connectivity index (χ0) is 19.0. The van der Waals surface area contributed by atoms with Crippen LogP contribution in [-0.2, 0) is 13.0 Å². The summed E-state index contributed by atoms with van der Waals surface area (Å²) in [4.78, 5) is 8.36. The number of pyridine rings is 1. The van der Waals surface area contributed by atoms with Crippen molar-refractivity contribution in [1.29, 1.82) is 0 Å². The zero-order valence-electron chi connectivity index (χ0n) is 14.4. The summed E-state index contributed by atoms with van der Waals surface area (Å²) in [5, 5.41) is 2.96. The number of hydrogen-bond acceptors (Lipinski definition) is 3. The number of aryl methyl sites for hydroxylation is 1. The first-order valence-electron chi connectivity index (χ1n) is 8.06. The molecule has 26 heavy (non-hydrogen) atoms. The van der Waals surface area contributed by atoms with Crippen molar-refractivity contribution in [3.63, 3.8) is 0 Å². The molecule has 0 spiro atoms. The van der Waals surface area contributed by atoms with Gasteiger partial charge in [0.05, 0.1) is 6.54 Å². The standard InChI is InChI=1S/C18H21F3N4O/c1-13-5-6-14(16(10-13)26-12-18(19,20)21)11-25-17(22)24-9-7-15-4-2-3-8-23-15/h2-6,8,10H,7,9,11-12H2,1H3,(H3,22,24,25). The number of alkyl halides is 3. The summed E-state index contributed by atoms with van der Waals surface area (Å²) < 4.78 is 42.0. The second-order valence-electron chi connectivity index (χ2n) is 5.71. The fraction of sp³-hybridized carbons (Fsp3) is 0.333. The molecule has 0 saturated heterocycles. The molecule has 0 atom stereocenters. The largest absolute Gasteiger partial charge is 0.484 e. The zero-order valence-corrected chi connectivity index (χ0v) is 14.4. The number of nitrogens with two attached hydrogens (primary N) is 1. The number of hydrogen-bond donors (Lipinski definition) is 2. The van der Waals surface area contributed by atoms with E-state index in [0.29, 0.717) is 18.5 Å². The van der Waals surface area contributed by atoms with Gasteiger partial charge in [-0.25, -0.2) is 4.99 Å². The lowest BCUT2D eigenvalue weighted by molar-refractivity contribution is -0.153. The van der Waals surface area contributed by atoms with E-state index in [1.54, 1.807) is 31.3 Å². The van der Waals surface area contributed by atoms with E-state index >= 15 is 0 Å². The summed E-state index contributed by atoms with van der Waals surface area (Å²) in [6, 6.07) is 10.7. The summed E-state index contributed by atoms with van der Waals surface area (Å²) in [6.07, 6.45) is -2.00. The Morgan fingerprint density at radius 1 is 1.27 bits per heavy atom. The van der Waals surface area contributed by atoms with E-state index in [1.165, 1.54) is 0 Å². The average Bonchev–Trinajstić information content (AvgIpc) is 2.59. The van der Waals surface area contributed by atoms with Gasteiger partial charge < -0.3 is 15.8 Å². The van der Waals surface area contributed by atoms with Crippen molar-refractivity contribution >= 4 is 5.96 Å². The Bertz CT molecular complexity index is 733. The van der Waals surface area contributed by atoms with Gasteiger partial charge in [-0.15, -0.1) is 0 Å². The van der Waals surface area contributed by atoms with Crippen molar-refractivity contribution in [1.82, 2.24) is 10.3 Å². The molecule has 0 aliphatic carbocycles. The van der Waals surface area contributed by atoms with Crippen molar-refractivity contribution in [2.24, 2.45) is 10.7 Å². The number of aromatic nitrogens is 1. The monoisotopic (exact) mass is 366 g/mol. The molecular weight excluding hydrogens is 345 g/mol. The van der Waals surface area contributed by atoms with Crippen LogP contribution in [0.3, 0.4) is 0 Å². The van der Waals surface area contributed by atoms with E-state index in [0.717, 1.165) is 11.3 Å². The molecule has 0 saturated carbocycles. The molecule has 0 aliphatic heterocycles. The maximum Gasteiger partial charge on any atom is 0.422 e. The third-order valence-electron chi connectivity index (χ3n) is 3.45. The summed E-state index contributed by atoms with van der Waals surface area (Å²) in [6.45, 7) is 1.11. The Morgan fingerprint density at radius 3 is 2.77 bits per heavy atom. The van der Waals surface area contributed by atoms with Crippen molar-refractivity contribution < 1.29 is 17.9 Å². The number of halogens is 3. The molecule has 0 amide bonds. The van der Waals surface area contributed by atoms with Crippen LogP contribution in [0.15, 0.2) is 47.6 Å². The van der Waals surface area contributed by atoms with Crippen LogP contribution in [-0.4, -0.2) is 30.3 Å². The Labute approximate surface area is 150 Å². The smallest absolute Gasteiger partial charge is 0.422 e. The fourth-order valence-electron chi connectivity index (χ4n) is 2.18. The third-order valence-corrected chi connectivity index (χ3v) is 3.45. The molecule has 0 unspecified atom stereocenters. The average molecular weight is 366 g/mol. The fourth-order valence-corrected chi connectivity index (χ4v) is 2.18. The molecule has 140 valence electrons. The molecule has 0 aliphatic rings. The third kappa shape index (κ3) is 7.00. The van der Waals surface area contributed by atoms with E-state index in [-0.39, 0.29) is 18.3 Å². The van der Waals surface area contributed by atoms with Gasteiger partial charge in [-0.2, -0.15) is 13.2 Å². The van der Waals surface area contributed by atoms with Crippen LogP contribution in [0.1, 0.15) is 16.8 Å². The second kappa shape index (κ2) is 9.07. The summed E-state index contributed by atoms with van der Waals surface area (Å²) in [7, 11) is 0. The maximum atomic E-state index is 12.4. The van der Waals surface area contributed by atoms with Gasteiger partial charge in [0, 0.05) is 30.4 Å². The number of nitrogens with zero attached hydrogens (tertiary/aromatic N) is 2. The SMILES string of the molecule is Cc1ccc(CN=C(N)NCCc2ccccn2)c(OCC(F)(F)F)c1. The van der Waals surface area contributed by atoms with Gasteiger partial charge in [0.2, 0.25) is 0 Å². The minimum absolute atomic E-state index is 0.121. The lowest BCUT2D eigenvalue weighted by Gasteiger charge is -2.13. The van der Waals surface area contributed by atoms with Gasteiger partial charge in [0.25, 0.3) is 0 Å². The highest BCUT2D eigenvalue weighted by molar-refractivity contribution is 5.77. The molecule has 3 N–H and O–H groups in total. The van der Waals surface area contributed by atoms with Crippen LogP contribution in [0.25, 0.3) is 0 Å². The lowest BCUT2D eigenvalue weighted by Crippen LogP contribution is -2.33. The van der Waals surface area contributed by atoms with Crippen LogP contribution in [0, 0.1) is 6.92 Å². The summed E-state index contributed by atoms with van der Waals surface area (Å²) >= 11 is 0. The molecule has 8 heteroatoms. The topological polar surface area (TPSA) is 72.5 Å². The van der Waals surface area contributed by atoms with Crippen LogP contribution in [0.5, 0.6) is 5.75 Å². The number of aliphatic imine (C=N–C) groups is 1. The van der Waals surface area contributed by atoms with Crippen molar-refractivity contribution in [2.75, 3.05) is 13.2 Å². The molecule has 1 heterocycles. The first-order valence-corrected chi connectivity index (χ1v) is 8.06.